The van der Waals surface area contributed by atoms with Crippen LogP contribution in [0.2, 0.25) is 5.02 Å². The Labute approximate surface area is 189 Å². The van der Waals surface area contributed by atoms with Gasteiger partial charge in [-0.25, -0.2) is 8.42 Å². The summed E-state index contributed by atoms with van der Waals surface area (Å²) in [5.74, 6) is 0.593. The van der Waals surface area contributed by atoms with Gasteiger partial charge in [-0.2, -0.15) is 4.31 Å². The van der Waals surface area contributed by atoms with E-state index >= 15 is 0 Å². The molecule has 0 aromatic heterocycles. The van der Waals surface area contributed by atoms with Gasteiger partial charge in [0.1, 0.15) is 6.26 Å². The Bertz CT molecular complexity index is 977. The van der Waals surface area contributed by atoms with Crippen LogP contribution in [0.25, 0.3) is 0 Å². The fourth-order valence-electron chi connectivity index (χ4n) is 3.73. The topological polar surface area (TPSA) is 76.1 Å². The fraction of sp³-hybridized carbons (Fsp3) is 0.391. The second kappa shape index (κ2) is 10.5. The van der Waals surface area contributed by atoms with Crippen molar-refractivity contribution in [1.82, 2.24) is 4.31 Å². The molecule has 2 atom stereocenters. The average Bonchev–Trinajstić information content (AvgIpc) is 3.28. The van der Waals surface area contributed by atoms with Gasteiger partial charge >= 0.3 is 0 Å². The van der Waals surface area contributed by atoms with Crippen molar-refractivity contribution in [3.05, 3.63) is 77.2 Å². The lowest BCUT2D eigenvalue weighted by molar-refractivity contribution is 0.0593. The van der Waals surface area contributed by atoms with Crippen LogP contribution < -0.4 is 0 Å². The minimum atomic E-state index is -3.99. The monoisotopic (exact) mass is 465 g/mol. The second-order valence-corrected chi connectivity index (χ2v) is 10.2. The maximum Gasteiger partial charge on any atom is 0.244 e. The lowest BCUT2D eigenvalue weighted by atomic mass is 10.00. The summed E-state index contributed by atoms with van der Waals surface area (Å²) in [5.41, 5.74) is 0.946. The first-order chi connectivity index (χ1) is 14.8. The molecule has 1 aliphatic heterocycles. The molecule has 0 radical (unpaired) electrons. The molecule has 1 aliphatic rings. The van der Waals surface area contributed by atoms with Crippen LogP contribution in [-0.4, -0.2) is 43.3 Å². The van der Waals surface area contributed by atoms with Crippen molar-refractivity contribution < 1.29 is 23.0 Å². The maximum atomic E-state index is 13.9. The van der Waals surface area contributed by atoms with Gasteiger partial charge in [0.05, 0.1) is 17.5 Å². The van der Waals surface area contributed by atoms with Crippen LogP contribution in [0.3, 0.4) is 0 Å². The van der Waals surface area contributed by atoms with Crippen molar-refractivity contribution in [2.24, 2.45) is 5.92 Å². The summed E-state index contributed by atoms with van der Waals surface area (Å²) < 4.78 is 40.0. The van der Waals surface area contributed by atoms with Gasteiger partial charge in [0.15, 0.2) is 5.76 Å². The summed E-state index contributed by atoms with van der Waals surface area (Å²) in [6.45, 7) is 3.71. The number of aliphatic hydroxyl groups excluding tert-OH is 1. The smallest absolute Gasteiger partial charge is 0.244 e. The molecule has 2 aromatic carbocycles. The molecule has 168 valence electrons. The van der Waals surface area contributed by atoms with Crippen LogP contribution in [0, 0.1) is 5.92 Å². The minimum Gasteiger partial charge on any atom is -0.462 e. The van der Waals surface area contributed by atoms with Crippen LogP contribution in [0.15, 0.2) is 71.5 Å². The van der Waals surface area contributed by atoms with Gasteiger partial charge in [-0.15, -0.1) is 0 Å². The van der Waals surface area contributed by atoms with Crippen molar-refractivity contribution in [1.29, 1.82) is 0 Å². The number of benzene rings is 2. The predicted octanol–water partition coefficient (Wildman–Crippen LogP) is 4.19. The molecule has 0 bridgehead atoms. The molecule has 0 saturated heterocycles. The van der Waals surface area contributed by atoms with Gasteiger partial charge in [0.25, 0.3) is 0 Å². The van der Waals surface area contributed by atoms with Crippen LogP contribution in [0.1, 0.15) is 25.8 Å². The van der Waals surface area contributed by atoms with E-state index in [9.17, 15) is 13.5 Å². The van der Waals surface area contributed by atoms with E-state index in [-0.39, 0.29) is 24.2 Å². The predicted molar refractivity (Wildman–Crippen MR) is 120 cm³/mol. The van der Waals surface area contributed by atoms with Gasteiger partial charge in [-0.1, -0.05) is 55.8 Å². The molecule has 1 N–H and O–H groups in total. The number of sulfonamides is 1. The van der Waals surface area contributed by atoms with Gasteiger partial charge in [-0.3, -0.25) is 0 Å². The van der Waals surface area contributed by atoms with Gasteiger partial charge in [-0.05, 0) is 48.6 Å². The zero-order valence-electron chi connectivity index (χ0n) is 17.6. The van der Waals surface area contributed by atoms with Gasteiger partial charge in [0, 0.05) is 11.1 Å². The molecule has 1 heterocycles. The van der Waals surface area contributed by atoms with Crippen LogP contribution >= 0.6 is 11.6 Å². The summed E-state index contributed by atoms with van der Waals surface area (Å²) in [4.78, 5) is 0.108. The van der Waals surface area contributed by atoms with Gasteiger partial charge < -0.3 is 14.6 Å². The Balaban J connectivity index is 2.11. The third-order valence-electron chi connectivity index (χ3n) is 5.10. The van der Waals surface area contributed by atoms with Gasteiger partial charge in [0.2, 0.25) is 16.8 Å². The fourth-order valence-corrected chi connectivity index (χ4v) is 5.64. The molecule has 0 amide bonds. The summed E-state index contributed by atoms with van der Waals surface area (Å²) >= 11 is 5.98. The van der Waals surface area contributed by atoms with E-state index in [0.717, 1.165) is 5.56 Å². The standard InChI is InChI=1S/C23H28ClNO5S/c1-17(2)12-20(14-26)25(31(27,28)21-10-8-19(24)9-11-21)22(23-15-29-16-30-23)13-18-6-4-3-5-7-18/h3-11,15,17,20,22,26H,12-14,16H2,1-2H3. The molecule has 3 rings (SSSR count). The third-order valence-corrected chi connectivity index (χ3v) is 7.33. The largest absolute Gasteiger partial charge is 0.462 e. The lowest BCUT2D eigenvalue weighted by Gasteiger charge is -2.37. The van der Waals surface area contributed by atoms with Crippen molar-refractivity contribution in [2.75, 3.05) is 13.4 Å². The highest BCUT2D eigenvalue weighted by atomic mass is 35.5. The minimum absolute atomic E-state index is 0.0312. The number of rotatable bonds is 10. The first-order valence-electron chi connectivity index (χ1n) is 10.2. The first-order valence-corrected chi connectivity index (χ1v) is 12.0. The third kappa shape index (κ3) is 5.80. The molecule has 2 unspecified atom stereocenters. The Morgan fingerprint density at radius 3 is 2.32 bits per heavy atom. The maximum absolute atomic E-state index is 13.9. The first kappa shape index (κ1) is 23.6. The van der Waals surface area contributed by atoms with E-state index in [0.29, 0.717) is 23.6 Å². The summed E-state index contributed by atoms with van der Waals surface area (Å²) in [7, 11) is -3.99. The van der Waals surface area contributed by atoms with Crippen LogP contribution in [-0.2, 0) is 25.9 Å². The number of hydrogen-bond acceptors (Lipinski definition) is 5. The van der Waals surface area contributed by atoms with E-state index in [2.05, 4.69) is 0 Å². The van der Waals surface area contributed by atoms with E-state index in [4.69, 9.17) is 21.1 Å². The van der Waals surface area contributed by atoms with Crippen molar-refractivity contribution in [2.45, 2.75) is 43.7 Å². The normalized spacial score (nSPS) is 16.0. The number of nitrogens with zero attached hydrogens (tertiary/aromatic N) is 1. The van der Waals surface area contributed by atoms with E-state index in [1.165, 1.54) is 22.7 Å². The van der Waals surface area contributed by atoms with E-state index in [1.54, 1.807) is 12.1 Å². The van der Waals surface area contributed by atoms with Crippen LogP contribution in [0.5, 0.6) is 0 Å². The van der Waals surface area contributed by atoms with Crippen molar-refractivity contribution >= 4 is 21.6 Å². The number of hydrogen-bond donors (Lipinski definition) is 1. The highest BCUT2D eigenvalue weighted by molar-refractivity contribution is 7.89. The van der Waals surface area contributed by atoms with Crippen molar-refractivity contribution in [3.8, 4) is 0 Å². The average molecular weight is 466 g/mol. The number of halogens is 1. The molecule has 0 fully saturated rings. The summed E-state index contributed by atoms with van der Waals surface area (Å²) in [5, 5.41) is 10.7. The van der Waals surface area contributed by atoms with E-state index < -0.39 is 22.1 Å². The molecule has 0 saturated carbocycles. The molecule has 31 heavy (non-hydrogen) atoms. The highest BCUT2D eigenvalue weighted by Gasteiger charge is 2.41. The molecule has 2 aromatic rings. The molecule has 6 nitrogen and oxygen atoms in total. The Morgan fingerprint density at radius 2 is 1.77 bits per heavy atom. The Morgan fingerprint density at radius 1 is 1.10 bits per heavy atom. The van der Waals surface area contributed by atoms with Crippen LogP contribution in [0.4, 0.5) is 0 Å². The lowest BCUT2D eigenvalue weighted by Crippen LogP contribution is -2.51. The summed E-state index contributed by atoms with van der Waals surface area (Å²) in [6.07, 6.45) is 2.32. The Kier molecular flexibility index (Phi) is 8.00. The SMILES string of the molecule is CC(C)CC(CO)N(C(Cc1ccccc1)C1=COCO1)S(=O)(=O)c1ccc(Cl)cc1. The molecule has 0 aliphatic carbocycles. The van der Waals surface area contributed by atoms with Crippen molar-refractivity contribution in [3.63, 3.8) is 0 Å². The molecule has 8 heteroatoms. The number of ether oxygens (including phenoxy) is 2. The number of aliphatic hydroxyl groups is 1. The van der Waals surface area contributed by atoms with E-state index in [1.807, 2.05) is 44.2 Å². The summed E-state index contributed by atoms with van der Waals surface area (Å²) in [6, 6.07) is 14.3. The molecular formula is C23H28ClNO5S. The highest BCUT2D eigenvalue weighted by Crippen LogP contribution is 2.31. The zero-order chi connectivity index (χ0) is 22.4. The zero-order valence-corrected chi connectivity index (χ0v) is 19.2. The quantitative estimate of drug-likeness (QED) is 0.569. The molecular weight excluding hydrogens is 438 g/mol. The Hall–Kier alpha value is -2.06. The second-order valence-electron chi connectivity index (χ2n) is 7.91. The molecule has 0 spiro atoms.